The van der Waals surface area contributed by atoms with Gasteiger partial charge in [-0.2, -0.15) is 0 Å². The van der Waals surface area contributed by atoms with Crippen LogP contribution in [0.25, 0.3) is 0 Å². The summed E-state index contributed by atoms with van der Waals surface area (Å²) in [4.78, 5) is -0.0434. The molecule has 0 saturated carbocycles. The van der Waals surface area contributed by atoms with Crippen LogP contribution in [0.4, 0.5) is 0 Å². The van der Waals surface area contributed by atoms with Crippen LogP contribution in [-0.2, 0) is 10.0 Å². The van der Waals surface area contributed by atoms with Gasteiger partial charge in [-0.1, -0.05) is 38.4 Å². The van der Waals surface area contributed by atoms with Gasteiger partial charge in [0.1, 0.15) is 17.3 Å². The van der Waals surface area contributed by atoms with Crippen LogP contribution >= 0.6 is 31.9 Å². The molecule has 0 spiro atoms. The zero-order valence-corrected chi connectivity index (χ0v) is 13.0. The molecule has 4 nitrogen and oxygen atoms in total. The molecule has 0 bridgehead atoms. The van der Waals surface area contributed by atoms with Crippen molar-refractivity contribution in [1.82, 2.24) is 0 Å². The lowest BCUT2D eigenvalue weighted by Crippen LogP contribution is -2.15. The topological polar surface area (TPSA) is 69.4 Å². The van der Waals surface area contributed by atoms with Crippen molar-refractivity contribution in [2.75, 3.05) is 6.61 Å². The molecule has 0 atom stereocenters. The average Bonchev–Trinajstić information content (AvgIpc) is 2.13. The van der Waals surface area contributed by atoms with Gasteiger partial charge in [-0.3, -0.25) is 0 Å². The molecule has 0 heterocycles. The van der Waals surface area contributed by atoms with Crippen molar-refractivity contribution in [2.24, 2.45) is 5.14 Å². The molecule has 0 aliphatic carbocycles. The van der Waals surface area contributed by atoms with Gasteiger partial charge in [0, 0.05) is 8.96 Å². The molecule has 0 fully saturated rings. The third-order valence-electron chi connectivity index (χ3n) is 1.88. The van der Waals surface area contributed by atoms with E-state index >= 15 is 0 Å². The van der Waals surface area contributed by atoms with Gasteiger partial charge in [0.15, 0.2) is 0 Å². The average molecular weight is 385 g/mol. The van der Waals surface area contributed by atoms with Crippen LogP contribution in [0.1, 0.15) is 5.56 Å². The van der Waals surface area contributed by atoms with Crippen LogP contribution in [0, 0.1) is 6.92 Å². The molecule has 0 aliphatic heterocycles. The maximum atomic E-state index is 11.4. The summed E-state index contributed by atoms with van der Waals surface area (Å²) in [6.07, 6.45) is 0. The van der Waals surface area contributed by atoms with Crippen molar-refractivity contribution in [3.8, 4) is 5.75 Å². The Morgan fingerprint density at radius 2 is 2.12 bits per heavy atom. The summed E-state index contributed by atoms with van der Waals surface area (Å²) in [5.74, 6) is 0.247. The van der Waals surface area contributed by atoms with Crippen LogP contribution in [0.3, 0.4) is 0 Å². The second-order valence-electron chi connectivity index (χ2n) is 3.40. The fourth-order valence-electron chi connectivity index (χ4n) is 1.25. The Bertz CT molecular complexity index is 555. The number of primary sulfonamides is 1. The van der Waals surface area contributed by atoms with Gasteiger partial charge in [-0.05, 0) is 24.6 Å². The van der Waals surface area contributed by atoms with Crippen LogP contribution in [0.5, 0.6) is 5.75 Å². The summed E-state index contributed by atoms with van der Waals surface area (Å²) in [5, 5.41) is 5.14. The summed E-state index contributed by atoms with van der Waals surface area (Å²) in [6.45, 7) is 5.52. The number of ether oxygens (including phenoxy) is 1. The number of sulfonamides is 1. The van der Waals surface area contributed by atoms with Crippen molar-refractivity contribution in [2.45, 2.75) is 11.8 Å². The van der Waals surface area contributed by atoms with E-state index in [-0.39, 0.29) is 17.3 Å². The number of hydrogen-bond acceptors (Lipinski definition) is 3. The Labute approximate surface area is 117 Å². The first-order valence-electron chi connectivity index (χ1n) is 4.51. The molecule has 94 valence electrons. The van der Waals surface area contributed by atoms with E-state index in [9.17, 15) is 8.42 Å². The third kappa shape index (κ3) is 4.09. The first-order chi connectivity index (χ1) is 7.71. The molecule has 1 rings (SSSR count). The summed E-state index contributed by atoms with van der Waals surface area (Å²) < 4.78 is 29.5. The second kappa shape index (κ2) is 5.51. The number of rotatable bonds is 4. The Morgan fingerprint density at radius 1 is 1.53 bits per heavy atom. The van der Waals surface area contributed by atoms with Crippen molar-refractivity contribution >= 4 is 41.9 Å². The number of hydrogen-bond donors (Lipinski definition) is 1. The summed E-state index contributed by atoms with van der Waals surface area (Å²) in [6, 6.07) is 3.16. The van der Waals surface area contributed by atoms with Crippen LogP contribution in [0.2, 0.25) is 0 Å². The van der Waals surface area contributed by atoms with Crippen molar-refractivity contribution in [1.29, 1.82) is 0 Å². The molecule has 2 N–H and O–H groups in total. The predicted octanol–water partition coefficient (Wildman–Crippen LogP) is 2.69. The van der Waals surface area contributed by atoms with E-state index in [0.29, 0.717) is 14.5 Å². The minimum atomic E-state index is -3.83. The van der Waals surface area contributed by atoms with E-state index in [2.05, 4.69) is 38.4 Å². The first kappa shape index (κ1) is 14.7. The zero-order chi connectivity index (χ0) is 13.2. The van der Waals surface area contributed by atoms with Gasteiger partial charge in [-0.15, -0.1) is 0 Å². The maximum absolute atomic E-state index is 11.4. The molecule has 0 saturated heterocycles. The van der Waals surface area contributed by atoms with E-state index in [1.54, 1.807) is 13.0 Å². The molecule has 0 aliphatic rings. The Balaban J connectivity index is 3.31. The highest BCUT2D eigenvalue weighted by Crippen LogP contribution is 2.31. The van der Waals surface area contributed by atoms with Crippen LogP contribution < -0.4 is 9.88 Å². The number of halogens is 2. The highest BCUT2D eigenvalue weighted by atomic mass is 79.9. The maximum Gasteiger partial charge on any atom is 0.241 e. The van der Waals surface area contributed by atoms with Crippen molar-refractivity contribution in [3.63, 3.8) is 0 Å². The van der Waals surface area contributed by atoms with E-state index < -0.39 is 10.0 Å². The minimum absolute atomic E-state index is 0.0434. The lowest BCUT2D eigenvalue weighted by atomic mass is 10.2. The molecular formula is C10H11Br2NO3S. The summed E-state index contributed by atoms with van der Waals surface area (Å²) in [7, 11) is -3.83. The lowest BCUT2D eigenvalue weighted by Gasteiger charge is -2.13. The van der Waals surface area contributed by atoms with Gasteiger partial charge in [-0.25, -0.2) is 13.6 Å². The van der Waals surface area contributed by atoms with Crippen molar-refractivity contribution in [3.05, 3.63) is 33.2 Å². The third-order valence-corrected chi connectivity index (χ3v) is 3.49. The number of benzene rings is 1. The van der Waals surface area contributed by atoms with E-state index in [4.69, 9.17) is 9.88 Å². The first-order valence-corrected chi connectivity index (χ1v) is 7.64. The Morgan fingerprint density at radius 3 is 2.59 bits per heavy atom. The van der Waals surface area contributed by atoms with Crippen LogP contribution in [-0.4, -0.2) is 15.0 Å². The van der Waals surface area contributed by atoms with Gasteiger partial charge < -0.3 is 4.74 Å². The second-order valence-corrected chi connectivity index (χ2v) is 6.97. The highest BCUT2D eigenvalue weighted by molar-refractivity contribution is 9.11. The zero-order valence-electron chi connectivity index (χ0n) is 9.04. The van der Waals surface area contributed by atoms with Gasteiger partial charge >= 0.3 is 0 Å². The monoisotopic (exact) mass is 383 g/mol. The Hall–Kier alpha value is -0.370. The number of aryl methyl sites for hydroxylation is 1. The largest absolute Gasteiger partial charge is 0.487 e. The Kier molecular flexibility index (Phi) is 4.77. The van der Waals surface area contributed by atoms with E-state index in [1.165, 1.54) is 6.07 Å². The lowest BCUT2D eigenvalue weighted by molar-refractivity contribution is 0.348. The summed E-state index contributed by atoms with van der Waals surface area (Å²) in [5.41, 5.74) is 0.678. The number of nitrogens with two attached hydrogens (primary N) is 1. The molecule has 1 aromatic rings. The van der Waals surface area contributed by atoms with E-state index in [0.717, 1.165) is 0 Å². The summed E-state index contributed by atoms with van der Waals surface area (Å²) >= 11 is 6.35. The molecule has 17 heavy (non-hydrogen) atoms. The standard InChI is InChI=1S/C10H11Br2NO3S/c1-6-3-8(12)4-9(17(13,14)15)10(6)16-5-7(2)11/h3-4H,2,5H2,1H3,(H2,13,14,15). The highest BCUT2D eigenvalue weighted by Gasteiger charge is 2.18. The molecular weight excluding hydrogens is 374 g/mol. The minimum Gasteiger partial charge on any atom is -0.487 e. The quantitative estimate of drug-likeness (QED) is 0.867. The smallest absolute Gasteiger partial charge is 0.241 e. The van der Waals surface area contributed by atoms with Gasteiger partial charge in [0.05, 0.1) is 0 Å². The fraction of sp³-hybridized carbons (Fsp3) is 0.200. The molecule has 0 unspecified atom stereocenters. The van der Waals surface area contributed by atoms with E-state index in [1.807, 2.05) is 0 Å². The van der Waals surface area contributed by atoms with Crippen molar-refractivity contribution < 1.29 is 13.2 Å². The predicted molar refractivity (Wildman–Crippen MR) is 73.8 cm³/mol. The molecule has 0 aromatic heterocycles. The molecule has 7 heteroatoms. The molecule has 1 aromatic carbocycles. The normalized spacial score (nSPS) is 11.3. The van der Waals surface area contributed by atoms with Gasteiger partial charge in [0.25, 0.3) is 0 Å². The van der Waals surface area contributed by atoms with Crippen LogP contribution in [0.15, 0.2) is 32.6 Å². The molecule has 0 amide bonds. The van der Waals surface area contributed by atoms with Gasteiger partial charge in [0.2, 0.25) is 10.0 Å². The fourth-order valence-corrected chi connectivity index (χ4v) is 2.85. The molecule has 0 radical (unpaired) electrons. The SMILES string of the molecule is C=C(Br)COc1c(C)cc(Br)cc1S(N)(=O)=O.